The van der Waals surface area contributed by atoms with Crippen LogP contribution < -0.4 is 0 Å². The van der Waals surface area contributed by atoms with Crippen LogP contribution in [0.1, 0.15) is 49.1 Å². The van der Waals surface area contributed by atoms with E-state index >= 15 is 0 Å². The van der Waals surface area contributed by atoms with Gasteiger partial charge in [-0.15, -0.1) is 0 Å². The van der Waals surface area contributed by atoms with Crippen LogP contribution in [0.15, 0.2) is 18.3 Å². The highest BCUT2D eigenvalue weighted by Gasteiger charge is 2.31. The Hall–Kier alpha value is -0.940. The second-order valence-corrected chi connectivity index (χ2v) is 7.64. The summed E-state index contributed by atoms with van der Waals surface area (Å²) in [5, 5.41) is 9.97. The number of rotatable bonds is 3. The molecule has 3 rings (SSSR count). The van der Waals surface area contributed by atoms with Gasteiger partial charge in [-0.3, -0.25) is 4.90 Å². The minimum Gasteiger partial charge on any atom is -0.477 e. The third-order valence-corrected chi connectivity index (χ3v) is 6.29. The van der Waals surface area contributed by atoms with Crippen molar-refractivity contribution in [3.63, 3.8) is 0 Å². The fourth-order valence-corrected chi connectivity index (χ4v) is 5.01. The van der Waals surface area contributed by atoms with Crippen molar-refractivity contribution in [2.24, 2.45) is 0 Å². The fourth-order valence-electron chi connectivity index (χ4n) is 3.78. The zero-order chi connectivity index (χ0) is 14.8. The third kappa shape index (κ3) is 3.14. The molecule has 1 aromatic rings. The summed E-state index contributed by atoms with van der Waals surface area (Å²) in [6.07, 6.45) is 6.69. The lowest BCUT2D eigenvalue weighted by molar-refractivity contribution is 0.0674. The monoisotopic (exact) mass is 308 g/mol. The maximum atomic E-state index is 11.2. The number of nitrogens with zero attached hydrogens (tertiary/aromatic N) is 2. The Labute approximate surface area is 130 Å². The van der Waals surface area contributed by atoms with Crippen molar-refractivity contribution in [2.45, 2.75) is 49.9 Å². The van der Waals surface area contributed by atoms with E-state index in [1.54, 1.807) is 6.07 Å². The number of aromatic nitrogens is 1. The second-order valence-electron chi connectivity index (χ2n) is 6.16. The van der Waals surface area contributed by atoms with Crippen molar-refractivity contribution < 1.29 is 9.90 Å². The molecule has 116 valence electrons. The minimum atomic E-state index is -0.820. The van der Waals surface area contributed by atoms with Gasteiger partial charge in [0.1, 0.15) is 5.69 Å². The average Bonchev–Trinajstić information content (AvgIpc) is 2.98. The average molecular weight is 308 g/mol. The Morgan fingerprint density at radius 3 is 2.76 bits per heavy atom. The molecule has 21 heavy (non-hydrogen) atoms. The zero-order valence-corrected chi connectivity index (χ0v) is 13.4. The van der Waals surface area contributed by atoms with Crippen molar-refractivity contribution in [1.29, 1.82) is 0 Å². The molecule has 2 unspecified atom stereocenters. The van der Waals surface area contributed by atoms with Crippen molar-refractivity contribution in [3.05, 3.63) is 24.0 Å². The second kappa shape index (κ2) is 6.44. The van der Waals surface area contributed by atoms with E-state index < -0.39 is 5.97 Å². The quantitative estimate of drug-likeness (QED) is 0.932. The predicted octanol–water partition coefficient (Wildman–Crippen LogP) is 3.11. The Bertz CT molecular complexity index is 494. The highest BCUT2D eigenvalue weighted by molar-refractivity contribution is 7.99. The number of carboxylic acid groups (broad SMARTS) is 1. The summed E-state index contributed by atoms with van der Waals surface area (Å²) in [6, 6.07) is 4.60. The molecule has 5 heteroatoms. The van der Waals surface area contributed by atoms with E-state index in [1.165, 1.54) is 18.6 Å². The molecule has 0 aromatic carbocycles. The Morgan fingerprint density at radius 1 is 1.33 bits per heavy atom. The van der Waals surface area contributed by atoms with Gasteiger partial charge in [0.25, 0.3) is 0 Å². The maximum absolute atomic E-state index is 11.2. The number of carbonyl (C=O) groups is 1. The van der Waals surface area contributed by atoms with Crippen LogP contribution in [0.5, 0.6) is 0 Å². The number of aromatic carboxylic acids is 1. The van der Waals surface area contributed by atoms with Gasteiger partial charge in [0.2, 0.25) is 0 Å². The summed E-state index contributed by atoms with van der Waals surface area (Å²) in [6.45, 7) is 4.55. The standard InChI is InChI=1S/C16H24N2O2S/c1-12-14(5-3-11-21-12)17-9-6-13(7-10-17)18-8-2-4-15(18)16(19)20/h2,4,8,12-14H,3,5-7,9-11H2,1H3,(H,19,20). The summed E-state index contributed by atoms with van der Waals surface area (Å²) in [4.78, 5) is 13.9. The molecule has 2 saturated heterocycles. The SMILES string of the molecule is CC1SCCCC1N1CCC(n2cccc2C(=O)O)CC1. The molecule has 0 bridgehead atoms. The molecule has 1 aromatic heterocycles. The Kier molecular flexibility index (Phi) is 4.60. The normalized spacial score (nSPS) is 28.6. The van der Waals surface area contributed by atoms with Crippen molar-refractivity contribution >= 4 is 17.7 Å². The molecule has 3 heterocycles. The van der Waals surface area contributed by atoms with Crippen LogP contribution in [0.3, 0.4) is 0 Å². The minimum absolute atomic E-state index is 0.342. The highest BCUT2D eigenvalue weighted by Crippen LogP contribution is 2.33. The first-order valence-electron chi connectivity index (χ1n) is 7.92. The van der Waals surface area contributed by atoms with E-state index in [1.807, 2.05) is 16.8 Å². The Balaban J connectivity index is 1.62. The molecule has 2 fully saturated rings. The van der Waals surface area contributed by atoms with E-state index in [0.717, 1.165) is 31.2 Å². The van der Waals surface area contributed by atoms with E-state index in [-0.39, 0.29) is 0 Å². The molecule has 2 aliphatic rings. The van der Waals surface area contributed by atoms with Crippen LogP contribution in [0.25, 0.3) is 0 Å². The van der Waals surface area contributed by atoms with Gasteiger partial charge in [-0.05, 0) is 43.6 Å². The fraction of sp³-hybridized carbons (Fsp3) is 0.688. The first-order chi connectivity index (χ1) is 10.2. The molecule has 0 saturated carbocycles. The van der Waals surface area contributed by atoms with Crippen molar-refractivity contribution in [3.8, 4) is 0 Å². The van der Waals surface area contributed by atoms with Gasteiger partial charge < -0.3 is 9.67 Å². The summed E-state index contributed by atoms with van der Waals surface area (Å²) in [7, 11) is 0. The molecule has 1 N–H and O–H groups in total. The lowest BCUT2D eigenvalue weighted by atomic mass is 9.99. The summed E-state index contributed by atoms with van der Waals surface area (Å²) < 4.78 is 1.96. The van der Waals surface area contributed by atoms with E-state index in [9.17, 15) is 9.90 Å². The van der Waals surface area contributed by atoms with Gasteiger partial charge in [-0.1, -0.05) is 6.92 Å². The number of likely N-dealkylation sites (tertiary alicyclic amines) is 1. The lowest BCUT2D eigenvalue weighted by Gasteiger charge is -2.42. The number of piperidine rings is 1. The van der Waals surface area contributed by atoms with E-state index in [4.69, 9.17) is 0 Å². The third-order valence-electron chi connectivity index (χ3n) is 4.93. The Morgan fingerprint density at radius 2 is 2.10 bits per heavy atom. The number of thioether (sulfide) groups is 1. The summed E-state index contributed by atoms with van der Waals surface area (Å²) in [5.41, 5.74) is 0.426. The zero-order valence-electron chi connectivity index (χ0n) is 12.6. The lowest BCUT2D eigenvalue weighted by Crippen LogP contribution is -2.47. The van der Waals surface area contributed by atoms with E-state index in [0.29, 0.717) is 17.8 Å². The van der Waals surface area contributed by atoms with E-state index in [2.05, 4.69) is 23.6 Å². The van der Waals surface area contributed by atoms with Crippen LogP contribution in [0.4, 0.5) is 0 Å². The molecule has 0 amide bonds. The molecule has 2 atom stereocenters. The molecular formula is C16H24N2O2S. The van der Waals surface area contributed by atoms with Gasteiger partial charge in [0.05, 0.1) is 0 Å². The number of hydrogen-bond donors (Lipinski definition) is 1. The van der Waals surface area contributed by atoms with Gasteiger partial charge in [-0.2, -0.15) is 11.8 Å². The highest BCUT2D eigenvalue weighted by atomic mass is 32.2. The molecule has 4 nitrogen and oxygen atoms in total. The predicted molar refractivity (Wildman–Crippen MR) is 86.2 cm³/mol. The molecule has 0 radical (unpaired) electrons. The maximum Gasteiger partial charge on any atom is 0.352 e. The van der Waals surface area contributed by atoms with Gasteiger partial charge >= 0.3 is 5.97 Å². The molecule has 0 aliphatic carbocycles. The van der Waals surface area contributed by atoms with Gasteiger partial charge in [0, 0.05) is 36.6 Å². The number of carboxylic acids is 1. The van der Waals surface area contributed by atoms with Crippen LogP contribution in [-0.4, -0.2) is 50.7 Å². The van der Waals surface area contributed by atoms with Crippen molar-refractivity contribution in [1.82, 2.24) is 9.47 Å². The van der Waals surface area contributed by atoms with Crippen molar-refractivity contribution in [2.75, 3.05) is 18.8 Å². The van der Waals surface area contributed by atoms with Gasteiger partial charge in [0.15, 0.2) is 0 Å². The molecule has 0 spiro atoms. The molecular weight excluding hydrogens is 284 g/mol. The first kappa shape index (κ1) is 15.0. The van der Waals surface area contributed by atoms with Gasteiger partial charge in [-0.25, -0.2) is 4.79 Å². The largest absolute Gasteiger partial charge is 0.477 e. The van der Waals surface area contributed by atoms with Crippen LogP contribution >= 0.6 is 11.8 Å². The number of hydrogen-bond acceptors (Lipinski definition) is 3. The topological polar surface area (TPSA) is 45.5 Å². The first-order valence-corrected chi connectivity index (χ1v) is 8.97. The summed E-state index contributed by atoms with van der Waals surface area (Å²) >= 11 is 2.10. The smallest absolute Gasteiger partial charge is 0.352 e. The van der Waals surface area contributed by atoms with Crippen LogP contribution in [-0.2, 0) is 0 Å². The van der Waals surface area contributed by atoms with Crippen LogP contribution in [0.2, 0.25) is 0 Å². The molecule has 2 aliphatic heterocycles. The van der Waals surface area contributed by atoms with Crippen LogP contribution in [0, 0.1) is 0 Å². The summed E-state index contributed by atoms with van der Waals surface area (Å²) in [5.74, 6) is 0.485.